The first-order valence-corrected chi connectivity index (χ1v) is 19.9. The molecule has 7 aromatic carbocycles. The third-order valence-corrected chi connectivity index (χ3v) is 10.8. The summed E-state index contributed by atoms with van der Waals surface area (Å²) >= 11 is 0. The van der Waals surface area contributed by atoms with Crippen molar-refractivity contribution >= 4 is 21.8 Å². The Morgan fingerprint density at radius 3 is 1.37 bits per heavy atom. The molecular weight excluding hydrogens is 721 g/mol. The average Bonchev–Trinajstić information content (AvgIpc) is 3.63. The number of benzene rings is 7. The molecule has 282 valence electrons. The number of aromatic nitrogens is 6. The zero-order chi connectivity index (χ0) is 39.9. The van der Waals surface area contributed by atoms with Gasteiger partial charge in [0.2, 0.25) is 0 Å². The van der Waals surface area contributed by atoms with E-state index in [2.05, 4.69) is 116 Å². The number of nitrogens with zero attached hydrogens (tertiary/aromatic N) is 6. The van der Waals surface area contributed by atoms with Gasteiger partial charge in [0.15, 0.2) is 23.3 Å². The van der Waals surface area contributed by atoms with E-state index in [1.54, 1.807) is 0 Å². The summed E-state index contributed by atoms with van der Waals surface area (Å²) in [6.07, 6.45) is 0. The van der Waals surface area contributed by atoms with E-state index in [-0.39, 0.29) is 5.41 Å². The molecule has 3 aromatic heterocycles. The minimum absolute atomic E-state index is 0.00843. The first-order valence-electron chi connectivity index (χ1n) is 19.9. The minimum Gasteiger partial charge on any atom is -0.309 e. The summed E-state index contributed by atoms with van der Waals surface area (Å²) in [5.74, 6) is 2.36. The van der Waals surface area contributed by atoms with Gasteiger partial charge in [0.25, 0.3) is 0 Å². The number of hydrogen-bond donors (Lipinski definition) is 0. The maximum absolute atomic E-state index is 5.36. The molecule has 0 unspecified atom stereocenters. The second kappa shape index (κ2) is 14.7. The minimum atomic E-state index is -0.00843. The first kappa shape index (κ1) is 35.8. The molecule has 59 heavy (non-hydrogen) atoms. The van der Waals surface area contributed by atoms with Crippen molar-refractivity contribution in [2.45, 2.75) is 26.2 Å². The van der Waals surface area contributed by atoms with Gasteiger partial charge in [-0.2, -0.15) is 0 Å². The van der Waals surface area contributed by atoms with E-state index < -0.39 is 0 Å². The molecule has 0 aliphatic rings. The summed E-state index contributed by atoms with van der Waals surface area (Å²) in [7, 11) is 0. The van der Waals surface area contributed by atoms with Crippen LogP contribution in [-0.2, 0) is 5.41 Å². The number of rotatable bonds is 7. The van der Waals surface area contributed by atoms with E-state index in [1.165, 1.54) is 16.3 Å². The van der Waals surface area contributed by atoms with Crippen LogP contribution in [0.2, 0.25) is 0 Å². The largest absolute Gasteiger partial charge is 0.309 e. The molecular formula is C53H40N6. The van der Waals surface area contributed by atoms with E-state index in [0.717, 1.165) is 61.5 Å². The van der Waals surface area contributed by atoms with Crippen molar-refractivity contribution in [3.8, 4) is 73.8 Å². The van der Waals surface area contributed by atoms with E-state index in [0.29, 0.717) is 23.3 Å². The zero-order valence-corrected chi connectivity index (χ0v) is 33.1. The van der Waals surface area contributed by atoms with E-state index in [4.69, 9.17) is 24.9 Å². The molecule has 0 aliphatic carbocycles. The van der Waals surface area contributed by atoms with Gasteiger partial charge in [0.05, 0.1) is 28.1 Å². The van der Waals surface area contributed by atoms with Crippen LogP contribution in [0.1, 0.15) is 26.3 Å². The average molecular weight is 761 g/mol. The van der Waals surface area contributed by atoms with Gasteiger partial charge < -0.3 is 4.57 Å². The van der Waals surface area contributed by atoms with E-state index >= 15 is 0 Å². The predicted octanol–water partition coefficient (Wildman–Crippen LogP) is 13.1. The summed E-state index contributed by atoms with van der Waals surface area (Å²) < 4.78 is 2.36. The van der Waals surface area contributed by atoms with Gasteiger partial charge in [0.1, 0.15) is 0 Å². The van der Waals surface area contributed by atoms with Crippen LogP contribution in [0.15, 0.2) is 188 Å². The third kappa shape index (κ3) is 6.85. The molecule has 10 rings (SSSR count). The van der Waals surface area contributed by atoms with Crippen LogP contribution >= 0.6 is 0 Å². The lowest BCUT2D eigenvalue weighted by atomic mass is 9.86. The van der Waals surface area contributed by atoms with Gasteiger partial charge in [-0.15, -0.1) is 0 Å². The maximum atomic E-state index is 5.36. The summed E-state index contributed by atoms with van der Waals surface area (Å²) in [4.78, 5) is 25.9. The van der Waals surface area contributed by atoms with Gasteiger partial charge in [0, 0.05) is 44.2 Å². The van der Waals surface area contributed by atoms with Crippen molar-refractivity contribution in [3.05, 3.63) is 194 Å². The Morgan fingerprint density at radius 2 is 0.831 bits per heavy atom. The molecule has 0 spiro atoms. The lowest BCUT2D eigenvalue weighted by Gasteiger charge is -2.19. The molecule has 0 atom stereocenters. The first-order chi connectivity index (χ1) is 28.9. The summed E-state index contributed by atoms with van der Waals surface area (Å²) in [6, 6.07) is 64.8. The lowest BCUT2D eigenvalue weighted by molar-refractivity contribution is 0.591. The summed E-state index contributed by atoms with van der Waals surface area (Å²) in [5, 5.41) is 2.38. The van der Waals surface area contributed by atoms with Gasteiger partial charge >= 0.3 is 0 Å². The van der Waals surface area contributed by atoms with Crippen molar-refractivity contribution in [3.63, 3.8) is 0 Å². The van der Waals surface area contributed by atoms with Crippen molar-refractivity contribution in [2.24, 2.45) is 0 Å². The fourth-order valence-electron chi connectivity index (χ4n) is 7.77. The highest BCUT2D eigenvalue weighted by molar-refractivity contribution is 6.10. The molecule has 0 fully saturated rings. The van der Waals surface area contributed by atoms with Crippen molar-refractivity contribution in [1.82, 2.24) is 29.5 Å². The quantitative estimate of drug-likeness (QED) is 0.162. The number of fused-ring (bicyclic) bond motifs is 3. The molecule has 10 aromatic rings. The van der Waals surface area contributed by atoms with Crippen LogP contribution in [-0.4, -0.2) is 29.5 Å². The van der Waals surface area contributed by atoms with Crippen molar-refractivity contribution in [2.75, 3.05) is 0 Å². The molecule has 0 saturated heterocycles. The SMILES string of the molecule is CC(C)(C)c1ccc2c(c1)c1ccccc1n2-c1ccc(-c2nc(-c3ccccc3)nc(-c3ccccc3)n2)cc1-c1nc(-c2ccccc2)cc(-c2ccccc2)n1. The normalized spacial score (nSPS) is 11.6. The monoisotopic (exact) mass is 760 g/mol. The summed E-state index contributed by atoms with van der Waals surface area (Å²) in [5.41, 5.74) is 11.6. The van der Waals surface area contributed by atoms with Gasteiger partial charge in [-0.1, -0.05) is 166 Å². The molecule has 0 aliphatic heterocycles. The third-order valence-electron chi connectivity index (χ3n) is 10.8. The molecule has 0 saturated carbocycles. The Morgan fingerprint density at radius 1 is 0.356 bits per heavy atom. The molecule has 0 bridgehead atoms. The molecule has 0 radical (unpaired) electrons. The van der Waals surface area contributed by atoms with Gasteiger partial charge in [-0.05, 0) is 53.4 Å². The molecule has 6 nitrogen and oxygen atoms in total. The van der Waals surface area contributed by atoms with Gasteiger partial charge in [-0.25, -0.2) is 24.9 Å². The maximum Gasteiger partial charge on any atom is 0.164 e. The van der Waals surface area contributed by atoms with Crippen LogP contribution in [0.3, 0.4) is 0 Å². The molecule has 0 amide bonds. The predicted molar refractivity (Wildman–Crippen MR) is 241 cm³/mol. The van der Waals surface area contributed by atoms with Crippen LogP contribution in [0, 0.1) is 0 Å². The zero-order valence-electron chi connectivity index (χ0n) is 33.1. The van der Waals surface area contributed by atoms with Crippen LogP contribution in [0.25, 0.3) is 95.6 Å². The Hall–Kier alpha value is -7.57. The topological polar surface area (TPSA) is 69.4 Å². The van der Waals surface area contributed by atoms with Crippen LogP contribution in [0.5, 0.6) is 0 Å². The van der Waals surface area contributed by atoms with Crippen molar-refractivity contribution in [1.29, 1.82) is 0 Å². The highest BCUT2D eigenvalue weighted by Crippen LogP contribution is 2.40. The van der Waals surface area contributed by atoms with Gasteiger partial charge in [-0.3, -0.25) is 0 Å². The standard InChI is InChI=1S/C53H40N6/c1-53(2,3)40-29-31-47-42(33-40)41-26-16-17-27-46(41)59(47)48-30-28-39(51-57-49(37-22-12-6-13-23-37)56-50(58-51)38-24-14-7-15-25-38)32-43(48)52-54-44(35-18-8-4-9-19-35)34-45(55-52)36-20-10-5-11-21-36/h4-34H,1-3H3. The molecule has 6 heteroatoms. The molecule has 3 heterocycles. The van der Waals surface area contributed by atoms with E-state index in [9.17, 15) is 0 Å². The Kier molecular flexibility index (Phi) is 8.95. The Balaban J connectivity index is 1.27. The Labute approximate surface area is 343 Å². The number of para-hydroxylation sites is 1. The summed E-state index contributed by atoms with van der Waals surface area (Å²) in [6.45, 7) is 6.79. The second-order valence-electron chi connectivity index (χ2n) is 15.8. The second-order valence-corrected chi connectivity index (χ2v) is 15.8. The Bertz CT molecular complexity index is 3000. The smallest absolute Gasteiger partial charge is 0.164 e. The fourth-order valence-corrected chi connectivity index (χ4v) is 7.77. The number of hydrogen-bond acceptors (Lipinski definition) is 5. The van der Waals surface area contributed by atoms with Crippen molar-refractivity contribution < 1.29 is 0 Å². The van der Waals surface area contributed by atoms with E-state index in [1.807, 2.05) is 97.1 Å². The highest BCUT2D eigenvalue weighted by atomic mass is 15.0. The molecule has 0 N–H and O–H groups in total. The van der Waals surface area contributed by atoms with Crippen LogP contribution < -0.4 is 0 Å². The van der Waals surface area contributed by atoms with Crippen LogP contribution in [0.4, 0.5) is 0 Å². The fraction of sp³-hybridized carbons (Fsp3) is 0.0755. The lowest BCUT2D eigenvalue weighted by Crippen LogP contribution is -2.10. The highest BCUT2D eigenvalue weighted by Gasteiger charge is 2.23.